The average molecular weight is 308 g/mol. The van der Waals surface area contributed by atoms with Crippen LogP contribution in [0.25, 0.3) is 0 Å². The van der Waals surface area contributed by atoms with E-state index in [1.165, 1.54) is 11.1 Å². The van der Waals surface area contributed by atoms with Gasteiger partial charge in [-0.3, -0.25) is 0 Å². The van der Waals surface area contributed by atoms with Crippen LogP contribution in [-0.4, -0.2) is 7.05 Å². The van der Waals surface area contributed by atoms with Crippen molar-refractivity contribution in [2.45, 2.75) is 25.3 Å². The van der Waals surface area contributed by atoms with Crippen molar-refractivity contribution < 1.29 is 0 Å². The molecular weight excluding hydrogens is 289 g/mol. The molecule has 2 aromatic rings. The Morgan fingerprint density at radius 3 is 2.45 bits per heavy atom. The SMILES string of the molecule is CNC(CCCc1ccc(Cl)cc1Cl)c1ccccc1. The maximum atomic E-state index is 6.20. The van der Waals surface area contributed by atoms with Gasteiger partial charge in [0.15, 0.2) is 0 Å². The Morgan fingerprint density at radius 1 is 1.05 bits per heavy atom. The Kier molecular flexibility index (Phi) is 5.90. The molecule has 2 rings (SSSR count). The van der Waals surface area contributed by atoms with E-state index in [0.29, 0.717) is 11.1 Å². The van der Waals surface area contributed by atoms with E-state index in [9.17, 15) is 0 Å². The molecule has 0 heterocycles. The van der Waals surface area contributed by atoms with Gasteiger partial charge >= 0.3 is 0 Å². The van der Waals surface area contributed by atoms with Gasteiger partial charge in [-0.05, 0) is 49.6 Å². The van der Waals surface area contributed by atoms with Gasteiger partial charge < -0.3 is 5.32 Å². The van der Waals surface area contributed by atoms with E-state index in [1.54, 1.807) is 0 Å². The van der Waals surface area contributed by atoms with Crippen molar-refractivity contribution in [3.8, 4) is 0 Å². The van der Waals surface area contributed by atoms with Crippen LogP contribution in [0.4, 0.5) is 0 Å². The topological polar surface area (TPSA) is 12.0 Å². The van der Waals surface area contributed by atoms with Crippen LogP contribution in [-0.2, 0) is 6.42 Å². The van der Waals surface area contributed by atoms with Crippen molar-refractivity contribution in [3.63, 3.8) is 0 Å². The van der Waals surface area contributed by atoms with Crippen molar-refractivity contribution in [3.05, 3.63) is 69.7 Å². The van der Waals surface area contributed by atoms with Crippen LogP contribution in [0.3, 0.4) is 0 Å². The molecule has 1 unspecified atom stereocenters. The summed E-state index contributed by atoms with van der Waals surface area (Å²) in [6, 6.07) is 16.6. The highest BCUT2D eigenvalue weighted by Gasteiger charge is 2.09. The lowest BCUT2D eigenvalue weighted by molar-refractivity contribution is 0.527. The number of halogens is 2. The fourth-order valence-electron chi connectivity index (χ4n) is 2.38. The normalized spacial score (nSPS) is 12.3. The molecule has 0 fully saturated rings. The number of benzene rings is 2. The predicted molar refractivity (Wildman–Crippen MR) is 87.6 cm³/mol. The lowest BCUT2D eigenvalue weighted by atomic mass is 9.99. The molecule has 0 saturated heterocycles. The average Bonchev–Trinajstić information content (AvgIpc) is 2.46. The number of aryl methyl sites for hydroxylation is 1. The molecule has 2 aromatic carbocycles. The van der Waals surface area contributed by atoms with E-state index in [1.807, 2.05) is 31.3 Å². The Hall–Kier alpha value is -1.02. The van der Waals surface area contributed by atoms with E-state index in [0.717, 1.165) is 24.3 Å². The maximum Gasteiger partial charge on any atom is 0.0452 e. The zero-order valence-corrected chi connectivity index (χ0v) is 13.1. The van der Waals surface area contributed by atoms with Crippen LogP contribution in [0.2, 0.25) is 10.0 Å². The molecule has 0 saturated carbocycles. The summed E-state index contributed by atoms with van der Waals surface area (Å²) in [5.74, 6) is 0. The standard InChI is InChI=1S/C17H19Cl2N/c1-20-17(14-6-3-2-4-7-14)9-5-8-13-10-11-15(18)12-16(13)19/h2-4,6-7,10-12,17,20H,5,8-9H2,1H3. The Bertz CT molecular complexity index is 540. The van der Waals surface area contributed by atoms with Crippen LogP contribution < -0.4 is 5.32 Å². The smallest absolute Gasteiger partial charge is 0.0452 e. The molecule has 1 nitrogen and oxygen atoms in total. The summed E-state index contributed by atoms with van der Waals surface area (Å²) >= 11 is 12.1. The molecule has 1 atom stereocenters. The second kappa shape index (κ2) is 7.68. The van der Waals surface area contributed by atoms with Gasteiger partial charge in [0.05, 0.1) is 0 Å². The third-order valence-electron chi connectivity index (χ3n) is 3.50. The number of rotatable bonds is 6. The molecule has 0 bridgehead atoms. The van der Waals surface area contributed by atoms with E-state index in [2.05, 4.69) is 29.6 Å². The Balaban J connectivity index is 1.91. The molecule has 0 aliphatic heterocycles. The number of hydrogen-bond acceptors (Lipinski definition) is 1. The first-order valence-corrected chi connectivity index (χ1v) is 7.62. The van der Waals surface area contributed by atoms with Crippen molar-refractivity contribution in [2.75, 3.05) is 7.05 Å². The summed E-state index contributed by atoms with van der Waals surface area (Å²) in [6.07, 6.45) is 3.14. The molecule has 0 aliphatic rings. The highest BCUT2D eigenvalue weighted by molar-refractivity contribution is 6.35. The van der Waals surface area contributed by atoms with Crippen LogP contribution in [0.1, 0.15) is 30.0 Å². The summed E-state index contributed by atoms with van der Waals surface area (Å²) in [5, 5.41) is 4.83. The predicted octanol–water partition coefficient (Wildman–Crippen LogP) is 5.28. The summed E-state index contributed by atoms with van der Waals surface area (Å²) in [4.78, 5) is 0. The van der Waals surface area contributed by atoms with Crippen LogP contribution in [0, 0.1) is 0 Å². The summed E-state index contributed by atoms with van der Waals surface area (Å²) in [7, 11) is 2.01. The van der Waals surface area contributed by atoms with Crippen molar-refractivity contribution in [1.82, 2.24) is 5.32 Å². The van der Waals surface area contributed by atoms with Crippen LogP contribution in [0.15, 0.2) is 48.5 Å². The fraction of sp³-hybridized carbons (Fsp3) is 0.294. The molecule has 0 spiro atoms. The van der Waals surface area contributed by atoms with Crippen LogP contribution >= 0.6 is 23.2 Å². The fourth-order valence-corrected chi connectivity index (χ4v) is 2.89. The molecule has 0 radical (unpaired) electrons. The first-order valence-electron chi connectivity index (χ1n) is 6.87. The molecule has 0 amide bonds. The van der Waals surface area contributed by atoms with E-state index in [-0.39, 0.29) is 0 Å². The third-order valence-corrected chi connectivity index (χ3v) is 4.09. The van der Waals surface area contributed by atoms with Gasteiger partial charge in [-0.1, -0.05) is 59.6 Å². The Labute approximate surface area is 130 Å². The van der Waals surface area contributed by atoms with Gasteiger partial charge in [-0.25, -0.2) is 0 Å². The van der Waals surface area contributed by atoms with E-state index >= 15 is 0 Å². The largest absolute Gasteiger partial charge is 0.313 e. The first-order chi connectivity index (χ1) is 9.70. The monoisotopic (exact) mass is 307 g/mol. The highest BCUT2D eigenvalue weighted by atomic mass is 35.5. The second-order valence-corrected chi connectivity index (χ2v) is 5.72. The van der Waals surface area contributed by atoms with Crippen molar-refractivity contribution in [2.24, 2.45) is 0 Å². The number of hydrogen-bond donors (Lipinski definition) is 1. The minimum absolute atomic E-state index is 0.391. The van der Waals surface area contributed by atoms with Crippen LogP contribution in [0.5, 0.6) is 0 Å². The lowest BCUT2D eigenvalue weighted by Gasteiger charge is -2.16. The van der Waals surface area contributed by atoms with Gasteiger partial charge in [0.2, 0.25) is 0 Å². The maximum absolute atomic E-state index is 6.20. The van der Waals surface area contributed by atoms with Gasteiger partial charge in [0, 0.05) is 16.1 Å². The zero-order chi connectivity index (χ0) is 14.4. The van der Waals surface area contributed by atoms with Gasteiger partial charge in [-0.2, -0.15) is 0 Å². The van der Waals surface area contributed by atoms with Gasteiger partial charge in [0.1, 0.15) is 0 Å². The van der Waals surface area contributed by atoms with E-state index in [4.69, 9.17) is 23.2 Å². The van der Waals surface area contributed by atoms with Gasteiger partial charge in [0.25, 0.3) is 0 Å². The van der Waals surface area contributed by atoms with Crippen molar-refractivity contribution in [1.29, 1.82) is 0 Å². The molecule has 3 heteroatoms. The second-order valence-electron chi connectivity index (χ2n) is 4.88. The minimum atomic E-state index is 0.391. The van der Waals surface area contributed by atoms with Gasteiger partial charge in [-0.15, -0.1) is 0 Å². The molecule has 106 valence electrons. The molecule has 20 heavy (non-hydrogen) atoms. The van der Waals surface area contributed by atoms with Crippen molar-refractivity contribution >= 4 is 23.2 Å². The highest BCUT2D eigenvalue weighted by Crippen LogP contribution is 2.24. The summed E-state index contributed by atoms with van der Waals surface area (Å²) in [6.45, 7) is 0. The molecule has 1 N–H and O–H groups in total. The Morgan fingerprint density at radius 2 is 1.80 bits per heavy atom. The quantitative estimate of drug-likeness (QED) is 0.766. The zero-order valence-electron chi connectivity index (χ0n) is 11.6. The van der Waals surface area contributed by atoms with E-state index < -0.39 is 0 Å². The number of nitrogens with one attached hydrogen (secondary N) is 1. The molecule has 0 aromatic heterocycles. The summed E-state index contributed by atoms with van der Waals surface area (Å²) in [5.41, 5.74) is 2.50. The molecular formula is C17H19Cl2N. The first kappa shape index (κ1) is 15.4. The molecule has 0 aliphatic carbocycles. The lowest BCUT2D eigenvalue weighted by Crippen LogP contribution is -2.16. The minimum Gasteiger partial charge on any atom is -0.313 e. The third kappa shape index (κ3) is 4.24. The summed E-state index contributed by atoms with van der Waals surface area (Å²) < 4.78 is 0.